The number of carbonyl (C=O) groups is 1. The number of nitrogens with zero attached hydrogens (tertiary/aromatic N) is 5. The lowest BCUT2D eigenvalue weighted by molar-refractivity contribution is -0.383. The van der Waals surface area contributed by atoms with Gasteiger partial charge in [0.25, 0.3) is 0 Å². The number of amides is 1. The van der Waals surface area contributed by atoms with E-state index in [1.807, 2.05) is 39.8 Å². The van der Waals surface area contributed by atoms with Gasteiger partial charge >= 0.3 is 11.8 Å². The van der Waals surface area contributed by atoms with E-state index in [1.165, 1.54) is 0 Å². The number of pyridine rings is 1. The van der Waals surface area contributed by atoms with Crippen LogP contribution >= 0.6 is 15.9 Å². The van der Waals surface area contributed by atoms with E-state index in [9.17, 15) is 14.9 Å². The van der Waals surface area contributed by atoms with Crippen molar-refractivity contribution in [2.24, 2.45) is 5.92 Å². The molecular weight excluding hydrogens is 547 g/mol. The number of hydrogen-bond donors (Lipinski definition) is 1. The molecule has 0 spiro atoms. The molecule has 3 aliphatic heterocycles. The summed E-state index contributed by atoms with van der Waals surface area (Å²) in [5.41, 5.74) is 0.149. The van der Waals surface area contributed by atoms with E-state index < -0.39 is 16.3 Å². The number of nitro groups is 1. The molecule has 0 radical (unpaired) electrons. The quantitative estimate of drug-likeness (QED) is 0.408. The van der Waals surface area contributed by atoms with E-state index in [0.717, 1.165) is 6.42 Å². The minimum Gasteiger partial charge on any atom is -0.444 e. The minimum atomic E-state index is -0.619. The second-order valence-corrected chi connectivity index (χ2v) is 12.3. The van der Waals surface area contributed by atoms with Crippen molar-refractivity contribution in [2.45, 2.75) is 57.8 Å². The Morgan fingerprint density at radius 1 is 1.32 bits per heavy atom. The Kier molecular flexibility index (Phi) is 6.25. The number of anilines is 2. The summed E-state index contributed by atoms with van der Waals surface area (Å²) in [5, 5.41) is 16.2. The topological polar surface area (TPSA) is 104 Å². The number of fused-ring (bicyclic) bond motifs is 2. The van der Waals surface area contributed by atoms with E-state index in [1.54, 1.807) is 17.9 Å². The van der Waals surface area contributed by atoms with Gasteiger partial charge in [0.05, 0.1) is 21.5 Å². The molecule has 4 aliphatic rings. The van der Waals surface area contributed by atoms with Gasteiger partial charge in [-0.15, -0.1) is 0 Å². The highest BCUT2D eigenvalue weighted by molar-refractivity contribution is 9.10. The van der Waals surface area contributed by atoms with Crippen LogP contribution in [0.3, 0.4) is 0 Å². The van der Waals surface area contributed by atoms with E-state index in [4.69, 9.17) is 4.74 Å². The second kappa shape index (κ2) is 8.93. The van der Waals surface area contributed by atoms with Gasteiger partial charge < -0.3 is 24.8 Å². The van der Waals surface area contributed by atoms with Crippen LogP contribution in [0, 0.1) is 28.8 Å². The van der Waals surface area contributed by atoms with E-state index in [0.29, 0.717) is 30.6 Å². The van der Waals surface area contributed by atoms with E-state index >= 15 is 4.39 Å². The number of nitrogens with one attached hydrogen (secondary N) is 1. The number of hydrogen-bond acceptors (Lipinski definition) is 8. The first-order chi connectivity index (χ1) is 17.3. The number of benzene rings is 1. The Morgan fingerprint density at radius 2 is 2.00 bits per heavy atom. The van der Waals surface area contributed by atoms with E-state index in [2.05, 4.69) is 31.1 Å². The number of aryl methyl sites for hydroxylation is 1. The smallest absolute Gasteiger partial charge is 0.410 e. The minimum absolute atomic E-state index is 0.0737. The highest BCUT2D eigenvalue weighted by Crippen LogP contribution is 2.48. The molecule has 1 aromatic carbocycles. The van der Waals surface area contributed by atoms with Crippen LogP contribution < -0.4 is 10.2 Å². The van der Waals surface area contributed by atoms with Gasteiger partial charge in [-0.1, -0.05) is 0 Å². The molecule has 1 aromatic heterocycles. The predicted molar refractivity (Wildman–Crippen MR) is 143 cm³/mol. The van der Waals surface area contributed by atoms with Crippen molar-refractivity contribution in [3.8, 4) is 0 Å². The van der Waals surface area contributed by atoms with Crippen molar-refractivity contribution in [2.75, 3.05) is 43.9 Å². The SMILES string of the molecule is Cc1cc2c(NC3C4CC3N(C(=O)OC(C)(C)C)C4)c([N+](=O)[O-])c(N3CC(N(C)C)C3)nc2c(F)c1Br. The van der Waals surface area contributed by atoms with Crippen LogP contribution in [-0.2, 0) is 4.74 Å². The van der Waals surface area contributed by atoms with Gasteiger partial charge in [-0.25, -0.2) is 14.2 Å². The van der Waals surface area contributed by atoms with Crippen LogP contribution in [0.2, 0.25) is 0 Å². The first-order valence-corrected chi connectivity index (χ1v) is 13.2. The maximum Gasteiger partial charge on any atom is 0.410 e. The third-order valence-electron chi connectivity index (χ3n) is 7.61. The zero-order chi connectivity index (χ0) is 27.0. The molecule has 3 unspecified atom stereocenters. The molecule has 6 rings (SSSR count). The van der Waals surface area contributed by atoms with Crippen LogP contribution in [0.5, 0.6) is 0 Å². The number of carbonyl (C=O) groups excluding carboxylic acids is 1. The Bertz CT molecular complexity index is 1290. The molecule has 2 bridgehead atoms. The summed E-state index contributed by atoms with van der Waals surface area (Å²) in [6, 6.07) is 1.59. The summed E-state index contributed by atoms with van der Waals surface area (Å²) in [4.78, 5) is 34.9. The van der Waals surface area contributed by atoms with Crippen molar-refractivity contribution < 1.29 is 18.8 Å². The summed E-state index contributed by atoms with van der Waals surface area (Å²) >= 11 is 3.30. The number of ether oxygens (including phenoxy) is 1. The lowest BCUT2D eigenvalue weighted by atomic mass is 9.79. The molecular formula is C25H32BrFN6O4. The van der Waals surface area contributed by atoms with Crippen LogP contribution in [0.15, 0.2) is 10.5 Å². The van der Waals surface area contributed by atoms with Gasteiger partial charge in [0, 0.05) is 37.0 Å². The summed E-state index contributed by atoms with van der Waals surface area (Å²) in [7, 11) is 3.92. The van der Waals surface area contributed by atoms with Gasteiger partial charge in [-0.05, 0) is 75.8 Å². The fourth-order valence-corrected chi connectivity index (χ4v) is 5.77. The highest BCUT2D eigenvalue weighted by Gasteiger charge is 2.55. The summed E-state index contributed by atoms with van der Waals surface area (Å²) < 4.78 is 21.3. The fraction of sp³-hybridized carbons (Fsp3) is 0.600. The van der Waals surface area contributed by atoms with Gasteiger partial charge in [0.15, 0.2) is 5.82 Å². The molecule has 4 fully saturated rings. The molecule has 3 saturated heterocycles. The van der Waals surface area contributed by atoms with Crippen molar-refractivity contribution in [1.82, 2.24) is 14.8 Å². The molecule has 1 aliphatic carbocycles. The third kappa shape index (κ3) is 4.37. The van der Waals surface area contributed by atoms with Gasteiger partial charge in [0.1, 0.15) is 16.8 Å². The first kappa shape index (κ1) is 25.9. The molecule has 200 valence electrons. The Labute approximate surface area is 223 Å². The Balaban J connectivity index is 1.56. The lowest BCUT2D eigenvalue weighted by Crippen LogP contribution is -2.58. The first-order valence-electron chi connectivity index (χ1n) is 12.4. The van der Waals surface area contributed by atoms with Crippen LogP contribution in [-0.4, -0.2) is 83.3 Å². The zero-order valence-electron chi connectivity index (χ0n) is 21.8. The van der Waals surface area contributed by atoms with Gasteiger partial charge in [-0.3, -0.25) is 10.1 Å². The Morgan fingerprint density at radius 3 is 2.59 bits per heavy atom. The molecule has 12 heteroatoms. The summed E-state index contributed by atoms with van der Waals surface area (Å²) in [5.74, 6) is -0.276. The molecule has 1 saturated carbocycles. The average molecular weight is 579 g/mol. The second-order valence-electron chi connectivity index (χ2n) is 11.5. The van der Waals surface area contributed by atoms with Crippen molar-refractivity contribution in [3.63, 3.8) is 0 Å². The van der Waals surface area contributed by atoms with Crippen LogP contribution in [0.4, 0.5) is 26.4 Å². The van der Waals surface area contributed by atoms with Crippen molar-refractivity contribution in [1.29, 1.82) is 0 Å². The fourth-order valence-electron chi connectivity index (χ4n) is 5.47. The largest absolute Gasteiger partial charge is 0.444 e. The molecule has 37 heavy (non-hydrogen) atoms. The standard InChI is InChI=1S/C25H32BrFN6O4/c1-12-7-15-20(18(27)17(12)26)29-23(31-10-14(11-31)30(5)6)22(33(35)36)21(15)28-19-13-8-16(19)32(9-13)24(34)37-25(2,3)4/h7,13-14,16,19H,8-11H2,1-6H3,(H,28,29). The maximum absolute atomic E-state index is 15.5. The summed E-state index contributed by atoms with van der Waals surface area (Å²) in [6.45, 7) is 8.83. The number of likely N-dealkylation sites (N-methyl/N-ethyl adjacent to an activating group) is 1. The number of halogens is 2. The highest BCUT2D eigenvalue weighted by atomic mass is 79.9. The zero-order valence-corrected chi connectivity index (χ0v) is 23.4. The van der Waals surface area contributed by atoms with Crippen LogP contribution in [0.1, 0.15) is 32.8 Å². The molecule has 4 heterocycles. The molecule has 2 aromatic rings. The predicted octanol–water partition coefficient (Wildman–Crippen LogP) is 4.52. The maximum atomic E-state index is 15.5. The molecule has 3 atom stereocenters. The van der Waals surface area contributed by atoms with Crippen molar-refractivity contribution in [3.05, 3.63) is 32.0 Å². The number of rotatable bonds is 5. The molecule has 1 N–H and O–H groups in total. The average Bonchev–Trinajstić information content (AvgIpc) is 3.34. The molecule has 10 nitrogen and oxygen atoms in total. The van der Waals surface area contributed by atoms with Crippen LogP contribution in [0.25, 0.3) is 10.9 Å². The molecule has 1 amide bonds. The monoisotopic (exact) mass is 578 g/mol. The number of aromatic nitrogens is 1. The van der Waals surface area contributed by atoms with Crippen molar-refractivity contribution >= 4 is 50.1 Å². The normalized spacial score (nSPS) is 23.3. The summed E-state index contributed by atoms with van der Waals surface area (Å²) in [6.07, 6.45) is 0.399. The van der Waals surface area contributed by atoms with Gasteiger partial charge in [0.2, 0.25) is 5.82 Å². The lowest BCUT2D eigenvalue weighted by Gasteiger charge is -2.43. The van der Waals surface area contributed by atoms with Gasteiger partial charge in [-0.2, -0.15) is 0 Å². The van der Waals surface area contributed by atoms with E-state index in [-0.39, 0.29) is 57.3 Å². The third-order valence-corrected chi connectivity index (χ3v) is 8.58. The Hall–Kier alpha value is -2.73.